The van der Waals surface area contributed by atoms with Crippen molar-refractivity contribution in [3.05, 3.63) is 42.4 Å². The van der Waals surface area contributed by atoms with Gasteiger partial charge in [-0.2, -0.15) is 13.2 Å². The van der Waals surface area contributed by atoms with Crippen LogP contribution in [0.1, 0.15) is 12.1 Å². The molecule has 2 heterocycles. The summed E-state index contributed by atoms with van der Waals surface area (Å²) in [5.41, 5.74) is -0.391. The van der Waals surface area contributed by atoms with E-state index in [1.54, 1.807) is 0 Å². The quantitative estimate of drug-likeness (QED) is 0.876. The van der Waals surface area contributed by atoms with Crippen molar-refractivity contribution in [2.24, 2.45) is 0 Å². The minimum Gasteiger partial charge on any atom is -0.481 e. The normalized spacial score (nSPS) is 11.4. The number of aromatic nitrogens is 3. The number of carbonyl (C=O) groups is 1. The second kappa shape index (κ2) is 5.86. The van der Waals surface area contributed by atoms with Crippen molar-refractivity contribution in [2.75, 3.05) is 0 Å². The molecule has 0 unspecified atom stereocenters. The van der Waals surface area contributed by atoms with Crippen molar-refractivity contribution in [1.82, 2.24) is 10.1 Å². The van der Waals surface area contributed by atoms with Gasteiger partial charge in [0.05, 0.1) is 5.69 Å². The number of carboxylic acids is 1. The lowest BCUT2D eigenvalue weighted by Gasteiger charge is -2.07. The summed E-state index contributed by atoms with van der Waals surface area (Å²) in [6.45, 7) is 0.186. The Hall–Kier alpha value is -2.51. The Morgan fingerprint density at radius 2 is 2.05 bits per heavy atom. The fraction of sp³-hybridized carbons (Fsp3) is 0.231. The Morgan fingerprint density at radius 1 is 1.29 bits per heavy atom. The van der Waals surface area contributed by atoms with Gasteiger partial charge in [0.25, 0.3) is 0 Å². The summed E-state index contributed by atoms with van der Waals surface area (Å²) < 4.78 is 39.2. The summed E-state index contributed by atoms with van der Waals surface area (Å²) in [5, 5.41) is 12.5. The molecule has 0 saturated carbocycles. The first-order valence-corrected chi connectivity index (χ1v) is 5.98. The van der Waals surface area contributed by atoms with Crippen molar-refractivity contribution in [2.45, 2.75) is 19.1 Å². The van der Waals surface area contributed by atoms with Crippen molar-refractivity contribution in [1.29, 1.82) is 0 Å². The van der Waals surface area contributed by atoms with Gasteiger partial charge in [-0.15, -0.1) is 0 Å². The van der Waals surface area contributed by atoms with E-state index in [9.17, 15) is 18.0 Å². The summed E-state index contributed by atoms with van der Waals surface area (Å²) in [4.78, 5) is 14.0. The second-order valence-electron chi connectivity index (χ2n) is 4.23. The molecule has 2 rings (SSSR count). The first kappa shape index (κ1) is 14.9. The number of pyridine rings is 1. The molecule has 0 atom stereocenters. The maximum atomic E-state index is 12.6. The van der Waals surface area contributed by atoms with Crippen molar-refractivity contribution in [3.63, 3.8) is 0 Å². The average Bonchev–Trinajstić information content (AvgIpc) is 2.45. The monoisotopic (exact) mass is 298 g/mol. The third-order valence-corrected chi connectivity index (χ3v) is 2.66. The highest BCUT2D eigenvalue weighted by Gasteiger charge is 2.32. The van der Waals surface area contributed by atoms with Crippen LogP contribution in [0.15, 0.2) is 36.7 Å². The van der Waals surface area contributed by atoms with Gasteiger partial charge in [-0.3, -0.25) is 4.79 Å². The number of alkyl halides is 3. The number of halogens is 3. The van der Waals surface area contributed by atoms with Crippen LogP contribution < -0.4 is 4.68 Å². The molecular formula is C13H11F3N3O2+. The number of aliphatic carboxylic acids is 1. The fourth-order valence-corrected chi connectivity index (χ4v) is 1.63. The summed E-state index contributed by atoms with van der Waals surface area (Å²) in [5.74, 6) is -0.951. The number of aryl methyl sites for hydroxylation is 1. The topological polar surface area (TPSA) is 67.0 Å². The van der Waals surface area contributed by atoms with E-state index in [2.05, 4.69) is 10.1 Å². The Bertz CT molecular complexity index is 642. The van der Waals surface area contributed by atoms with Crippen molar-refractivity contribution in [3.8, 4) is 11.3 Å². The van der Waals surface area contributed by atoms with E-state index in [0.717, 1.165) is 6.07 Å². The molecule has 2 aromatic heterocycles. The fourth-order valence-electron chi connectivity index (χ4n) is 1.63. The number of rotatable bonds is 4. The zero-order chi connectivity index (χ0) is 15.5. The molecule has 0 aromatic carbocycles. The van der Waals surface area contributed by atoms with Gasteiger partial charge < -0.3 is 5.11 Å². The third-order valence-electron chi connectivity index (χ3n) is 2.66. The third kappa shape index (κ3) is 3.98. The number of carboxylic acid groups (broad SMARTS) is 1. The SMILES string of the molecule is O=C(O)CC[n+]1ccc(-c2cccc(C(F)(F)F)n2)cn1. The summed E-state index contributed by atoms with van der Waals surface area (Å²) in [7, 11) is 0. The van der Waals surface area contributed by atoms with Crippen molar-refractivity contribution >= 4 is 5.97 Å². The summed E-state index contributed by atoms with van der Waals surface area (Å²) >= 11 is 0. The van der Waals surface area contributed by atoms with Gasteiger partial charge in [-0.25, -0.2) is 4.98 Å². The lowest BCUT2D eigenvalue weighted by atomic mass is 10.2. The molecule has 0 spiro atoms. The standard InChI is InChI=1S/C13H10F3N3O2/c14-13(15,16)11-3-1-2-10(18-11)9-4-6-19(17-8-9)7-5-12(20)21/h1-4,6,8H,5,7H2/p+1. The second-order valence-corrected chi connectivity index (χ2v) is 4.23. The van der Waals surface area contributed by atoms with E-state index in [0.29, 0.717) is 5.56 Å². The molecule has 21 heavy (non-hydrogen) atoms. The molecule has 0 amide bonds. The molecule has 0 saturated heterocycles. The Labute approximate surface area is 117 Å². The first-order chi connectivity index (χ1) is 9.86. The maximum absolute atomic E-state index is 12.6. The maximum Gasteiger partial charge on any atom is 0.433 e. The molecule has 1 N–H and O–H groups in total. The van der Waals surface area contributed by atoms with Crippen LogP contribution in [0, 0.1) is 0 Å². The van der Waals surface area contributed by atoms with Crippen LogP contribution in [0.3, 0.4) is 0 Å². The zero-order valence-corrected chi connectivity index (χ0v) is 10.7. The smallest absolute Gasteiger partial charge is 0.433 e. The van der Waals surface area contributed by atoms with Gasteiger partial charge in [0, 0.05) is 11.6 Å². The van der Waals surface area contributed by atoms with Gasteiger partial charge in [0.2, 0.25) is 0 Å². The average molecular weight is 298 g/mol. The molecule has 0 bridgehead atoms. The van der Waals surface area contributed by atoms with Gasteiger partial charge in [0.15, 0.2) is 12.7 Å². The summed E-state index contributed by atoms with van der Waals surface area (Å²) in [6, 6.07) is 5.16. The summed E-state index contributed by atoms with van der Waals surface area (Å²) in [6.07, 6.45) is -1.73. The zero-order valence-electron chi connectivity index (χ0n) is 10.7. The molecule has 0 aliphatic rings. The Morgan fingerprint density at radius 3 is 2.62 bits per heavy atom. The van der Waals surface area contributed by atoms with E-state index in [-0.39, 0.29) is 18.7 Å². The number of nitrogens with zero attached hydrogens (tertiary/aromatic N) is 3. The van der Waals surface area contributed by atoms with Crippen LogP contribution in [0.4, 0.5) is 13.2 Å². The van der Waals surface area contributed by atoms with E-state index < -0.39 is 17.8 Å². The Balaban J connectivity index is 2.21. The highest BCUT2D eigenvalue weighted by molar-refractivity contribution is 5.66. The molecule has 2 aromatic rings. The minimum atomic E-state index is -4.50. The number of hydrogen-bond acceptors (Lipinski definition) is 3. The molecule has 110 valence electrons. The van der Waals surface area contributed by atoms with Gasteiger partial charge in [-0.1, -0.05) is 10.7 Å². The van der Waals surface area contributed by atoms with E-state index in [1.807, 2.05) is 0 Å². The lowest BCUT2D eigenvalue weighted by Crippen LogP contribution is -2.38. The van der Waals surface area contributed by atoms with E-state index >= 15 is 0 Å². The van der Waals surface area contributed by atoms with Gasteiger partial charge >= 0.3 is 12.1 Å². The molecule has 8 heteroatoms. The van der Waals surface area contributed by atoms with Crippen LogP contribution in [0.25, 0.3) is 11.3 Å². The lowest BCUT2D eigenvalue weighted by molar-refractivity contribution is -0.752. The number of hydrogen-bond donors (Lipinski definition) is 1. The largest absolute Gasteiger partial charge is 0.481 e. The molecule has 0 fully saturated rings. The van der Waals surface area contributed by atoms with Gasteiger partial charge in [0.1, 0.15) is 18.3 Å². The van der Waals surface area contributed by atoms with Crippen LogP contribution in [0.5, 0.6) is 0 Å². The highest BCUT2D eigenvalue weighted by Crippen LogP contribution is 2.28. The molecule has 0 aliphatic heterocycles. The van der Waals surface area contributed by atoms with Crippen LogP contribution in [0.2, 0.25) is 0 Å². The van der Waals surface area contributed by atoms with Gasteiger partial charge in [-0.05, 0) is 17.2 Å². The predicted molar refractivity (Wildman–Crippen MR) is 64.9 cm³/mol. The van der Waals surface area contributed by atoms with Crippen LogP contribution >= 0.6 is 0 Å². The molecule has 0 aliphatic carbocycles. The van der Waals surface area contributed by atoms with Crippen LogP contribution in [-0.4, -0.2) is 21.2 Å². The first-order valence-electron chi connectivity index (χ1n) is 5.98. The highest BCUT2D eigenvalue weighted by atomic mass is 19.4. The van der Waals surface area contributed by atoms with E-state index in [1.165, 1.54) is 35.3 Å². The van der Waals surface area contributed by atoms with E-state index in [4.69, 9.17) is 5.11 Å². The minimum absolute atomic E-state index is 0.0845. The molecule has 5 nitrogen and oxygen atoms in total. The molecular weight excluding hydrogens is 287 g/mol. The van der Waals surface area contributed by atoms with Crippen molar-refractivity contribution < 1.29 is 27.8 Å². The van der Waals surface area contributed by atoms with Crippen LogP contribution in [-0.2, 0) is 17.5 Å². The predicted octanol–water partition coefficient (Wildman–Crippen LogP) is 1.92. The molecule has 0 radical (unpaired) electrons. The Kier molecular flexibility index (Phi) is 4.15.